The Balaban J connectivity index is 2.07. The average molecular weight is 446 g/mol. The Labute approximate surface area is 185 Å². The minimum Gasteiger partial charge on any atom is -0.503 e. The molecule has 0 bridgehead atoms. The molecular weight excluding hydrogens is 418 g/mol. The first-order chi connectivity index (χ1) is 14.9. The molecule has 3 rings (SSSR count). The molecular formula is C23H27NO6S. The second-order valence-corrected chi connectivity index (χ2v) is 8.53. The molecule has 1 aromatic heterocycles. The minimum absolute atomic E-state index is 0.0588. The molecule has 166 valence electrons. The summed E-state index contributed by atoms with van der Waals surface area (Å²) < 4.78 is 16.5. The van der Waals surface area contributed by atoms with E-state index in [1.807, 2.05) is 13.8 Å². The molecule has 31 heavy (non-hydrogen) atoms. The second kappa shape index (κ2) is 9.98. The van der Waals surface area contributed by atoms with Gasteiger partial charge < -0.3 is 24.2 Å². The lowest BCUT2D eigenvalue weighted by molar-refractivity contribution is -0.130. The number of aliphatic hydroxyl groups excluding tert-OH is 1. The topological polar surface area (TPSA) is 85.3 Å². The summed E-state index contributed by atoms with van der Waals surface area (Å²) in [6, 6.07) is 7.96. The summed E-state index contributed by atoms with van der Waals surface area (Å²) in [5.41, 5.74) is 0.705. The molecule has 0 fully saturated rings. The highest BCUT2D eigenvalue weighted by Gasteiger charge is 2.44. The predicted molar refractivity (Wildman–Crippen MR) is 118 cm³/mol. The van der Waals surface area contributed by atoms with Crippen LogP contribution in [-0.4, -0.2) is 55.7 Å². The first kappa shape index (κ1) is 22.8. The lowest BCUT2D eigenvalue weighted by Crippen LogP contribution is -2.34. The number of rotatable bonds is 10. The minimum atomic E-state index is -0.760. The Kier molecular flexibility index (Phi) is 7.35. The summed E-state index contributed by atoms with van der Waals surface area (Å²) in [5.74, 6) is -0.119. The zero-order chi connectivity index (χ0) is 22.5. The van der Waals surface area contributed by atoms with Crippen LogP contribution in [0.1, 0.15) is 35.1 Å². The van der Waals surface area contributed by atoms with Gasteiger partial charge in [0.2, 0.25) is 5.78 Å². The monoisotopic (exact) mass is 445 g/mol. The van der Waals surface area contributed by atoms with Gasteiger partial charge >= 0.3 is 0 Å². The molecule has 0 spiro atoms. The maximum Gasteiger partial charge on any atom is 0.290 e. The van der Waals surface area contributed by atoms with Crippen molar-refractivity contribution in [2.75, 3.05) is 34.0 Å². The first-order valence-electron chi connectivity index (χ1n) is 10.0. The van der Waals surface area contributed by atoms with Crippen LogP contribution < -0.4 is 9.47 Å². The normalized spacial score (nSPS) is 16.4. The van der Waals surface area contributed by atoms with Gasteiger partial charge in [-0.2, -0.15) is 0 Å². The molecule has 1 unspecified atom stereocenters. The van der Waals surface area contributed by atoms with E-state index in [0.29, 0.717) is 34.5 Å². The van der Waals surface area contributed by atoms with Crippen molar-refractivity contribution in [2.45, 2.75) is 19.9 Å². The summed E-state index contributed by atoms with van der Waals surface area (Å²) in [6.45, 7) is 5.05. The largest absolute Gasteiger partial charge is 0.503 e. The standard InChI is InChI=1S/C23H27NO6S/c1-14(2)13-30-17-12-15(7-8-16(17)29-4)20-19(21(25)18-6-5-11-31-18)22(26)23(27)24(20)9-10-28-3/h5-8,11-12,14,20,26H,9-10,13H2,1-4H3. The fourth-order valence-electron chi connectivity index (χ4n) is 3.43. The van der Waals surface area contributed by atoms with Crippen LogP contribution in [0.4, 0.5) is 0 Å². The van der Waals surface area contributed by atoms with Crippen molar-refractivity contribution < 1.29 is 28.9 Å². The van der Waals surface area contributed by atoms with E-state index in [4.69, 9.17) is 14.2 Å². The third kappa shape index (κ3) is 4.75. The van der Waals surface area contributed by atoms with E-state index in [1.54, 1.807) is 42.8 Å². The SMILES string of the molecule is COCCN1C(=O)C(O)=C(C(=O)c2cccs2)C1c1ccc(OC)c(OCC(C)C)c1. The number of methoxy groups -OCH3 is 2. The molecule has 0 aliphatic carbocycles. The van der Waals surface area contributed by atoms with Crippen LogP contribution in [0.5, 0.6) is 11.5 Å². The Bertz CT molecular complexity index is 966. The molecule has 1 aromatic carbocycles. The van der Waals surface area contributed by atoms with Crippen LogP contribution in [0.25, 0.3) is 0 Å². The maximum atomic E-state index is 13.2. The smallest absolute Gasteiger partial charge is 0.290 e. The van der Waals surface area contributed by atoms with Gasteiger partial charge in [-0.3, -0.25) is 9.59 Å². The van der Waals surface area contributed by atoms with Crippen LogP contribution in [-0.2, 0) is 9.53 Å². The lowest BCUT2D eigenvalue weighted by atomic mass is 9.95. The van der Waals surface area contributed by atoms with Crippen molar-refractivity contribution in [2.24, 2.45) is 5.92 Å². The van der Waals surface area contributed by atoms with Gasteiger partial charge in [0.05, 0.1) is 36.8 Å². The van der Waals surface area contributed by atoms with Crippen molar-refractivity contribution in [3.8, 4) is 11.5 Å². The molecule has 8 heteroatoms. The highest BCUT2D eigenvalue weighted by Crippen LogP contribution is 2.42. The van der Waals surface area contributed by atoms with Gasteiger partial charge in [-0.25, -0.2) is 0 Å². The molecule has 1 amide bonds. The number of aliphatic hydroxyl groups is 1. The molecule has 0 radical (unpaired) electrons. The van der Waals surface area contributed by atoms with Gasteiger partial charge in [-0.15, -0.1) is 11.3 Å². The van der Waals surface area contributed by atoms with Gasteiger partial charge in [-0.05, 0) is 35.1 Å². The van der Waals surface area contributed by atoms with E-state index < -0.39 is 17.7 Å². The van der Waals surface area contributed by atoms with Gasteiger partial charge in [-0.1, -0.05) is 26.0 Å². The van der Waals surface area contributed by atoms with E-state index in [2.05, 4.69) is 0 Å². The van der Waals surface area contributed by atoms with Crippen molar-refractivity contribution in [3.63, 3.8) is 0 Å². The molecule has 0 saturated heterocycles. The number of Topliss-reactive ketones (excluding diaryl/α,β-unsaturated/α-hetero) is 1. The Morgan fingerprint density at radius 3 is 2.61 bits per heavy atom. The number of carbonyl (C=O) groups excluding carboxylic acids is 2. The summed E-state index contributed by atoms with van der Waals surface area (Å²) in [6.07, 6.45) is 0. The molecule has 1 aliphatic heterocycles. The highest BCUT2D eigenvalue weighted by atomic mass is 32.1. The van der Waals surface area contributed by atoms with Crippen molar-refractivity contribution in [3.05, 3.63) is 57.5 Å². The number of thiophene rings is 1. The number of amides is 1. The number of carbonyl (C=O) groups is 2. The van der Waals surface area contributed by atoms with Crippen molar-refractivity contribution >= 4 is 23.0 Å². The summed E-state index contributed by atoms with van der Waals surface area (Å²) in [4.78, 5) is 28.0. The van der Waals surface area contributed by atoms with Gasteiger partial charge in [0.1, 0.15) is 0 Å². The number of ether oxygens (including phenoxy) is 3. The fraction of sp³-hybridized carbons (Fsp3) is 0.391. The molecule has 2 heterocycles. The average Bonchev–Trinajstić information content (AvgIpc) is 3.38. The third-order valence-corrected chi connectivity index (χ3v) is 5.77. The molecule has 0 saturated carbocycles. The summed E-state index contributed by atoms with van der Waals surface area (Å²) in [7, 11) is 3.09. The Morgan fingerprint density at radius 1 is 1.23 bits per heavy atom. The predicted octanol–water partition coefficient (Wildman–Crippen LogP) is 4.02. The van der Waals surface area contributed by atoms with Crippen LogP contribution in [0.3, 0.4) is 0 Å². The third-order valence-electron chi connectivity index (χ3n) is 4.91. The van der Waals surface area contributed by atoms with Gasteiger partial charge in [0.15, 0.2) is 17.3 Å². The molecule has 1 N–H and O–H groups in total. The number of nitrogens with zero attached hydrogens (tertiary/aromatic N) is 1. The second-order valence-electron chi connectivity index (χ2n) is 7.58. The van der Waals surface area contributed by atoms with Crippen LogP contribution in [0.2, 0.25) is 0 Å². The highest BCUT2D eigenvalue weighted by molar-refractivity contribution is 7.12. The summed E-state index contributed by atoms with van der Waals surface area (Å²) >= 11 is 1.26. The summed E-state index contributed by atoms with van der Waals surface area (Å²) in [5, 5.41) is 12.4. The lowest BCUT2D eigenvalue weighted by Gasteiger charge is -2.27. The number of hydrogen-bond donors (Lipinski definition) is 1. The Hall–Kier alpha value is -2.84. The van der Waals surface area contributed by atoms with Gasteiger partial charge in [0, 0.05) is 13.7 Å². The van der Waals surface area contributed by atoms with Crippen LogP contribution >= 0.6 is 11.3 Å². The first-order valence-corrected chi connectivity index (χ1v) is 10.9. The quantitative estimate of drug-likeness (QED) is 0.556. The molecule has 1 aliphatic rings. The zero-order valence-electron chi connectivity index (χ0n) is 18.1. The number of ketones is 1. The van der Waals surface area contributed by atoms with E-state index in [9.17, 15) is 14.7 Å². The Morgan fingerprint density at radius 2 is 2.00 bits per heavy atom. The van der Waals surface area contributed by atoms with Crippen LogP contribution in [0.15, 0.2) is 47.0 Å². The number of benzene rings is 1. The fourth-order valence-corrected chi connectivity index (χ4v) is 4.10. The van der Waals surface area contributed by atoms with Gasteiger partial charge in [0.25, 0.3) is 5.91 Å². The number of hydrogen-bond acceptors (Lipinski definition) is 7. The molecule has 2 aromatic rings. The maximum absolute atomic E-state index is 13.2. The van der Waals surface area contributed by atoms with E-state index >= 15 is 0 Å². The van der Waals surface area contributed by atoms with E-state index in [0.717, 1.165) is 0 Å². The van der Waals surface area contributed by atoms with E-state index in [-0.39, 0.29) is 24.5 Å². The van der Waals surface area contributed by atoms with Crippen LogP contribution in [0, 0.1) is 5.92 Å². The van der Waals surface area contributed by atoms with Crippen molar-refractivity contribution in [1.82, 2.24) is 4.90 Å². The zero-order valence-corrected chi connectivity index (χ0v) is 18.9. The van der Waals surface area contributed by atoms with E-state index in [1.165, 1.54) is 23.3 Å². The van der Waals surface area contributed by atoms with Crippen molar-refractivity contribution in [1.29, 1.82) is 0 Å². The molecule has 7 nitrogen and oxygen atoms in total. The molecule has 1 atom stereocenters.